The molecule has 0 aliphatic heterocycles. The first kappa shape index (κ1) is 7.85. The Hall–Kier alpha value is -0.250. The zero-order valence-corrected chi connectivity index (χ0v) is 7.22. The molecule has 1 aromatic heterocycles. The van der Waals surface area contributed by atoms with Gasteiger partial charge in [-0.05, 0) is 19.2 Å². The first-order chi connectivity index (χ1) is 4.83. The highest BCUT2D eigenvalue weighted by Crippen LogP contribution is 2.25. The van der Waals surface area contributed by atoms with Crippen LogP contribution in [0.4, 0.5) is 5.00 Å². The van der Waals surface area contributed by atoms with Crippen LogP contribution in [-0.4, -0.2) is 13.7 Å². The summed E-state index contributed by atoms with van der Waals surface area (Å²) in [5.41, 5.74) is 0. The highest BCUT2D eigenvalue weighted by Gasteiger charge is 1.93. The highest BCUT2D eigenvalue weighted by atomic mass is 35.5. The van der Waals surface area contributed by atoms with Crippen molar-refractivity contribution in [3.63, 3.8) is 0 Å². The minimum Gasteiger partial charge on any atom is -0.364 e. The average molecular weight is 177 g/mol. The molecule has 0 aliphatic carbocycles. The smallest absolute Gasteiger partial charge is 0.0950 e. The van der Waals surface area contributed by atoms with Crippen LogP contribution in [0.2, 0.25) is 4.34 Å². The van der Waals surface area contributed by atoms with E-state index in [1.54, 1.807) is 11.3 Å². The van der Waals surface area contributed by atoms with Crippen molar-refractivity contribution in [1.82, 2.24) is 5.32 Å². The summed E-state index contributed by atoms with van der Waals surface area (Å²) >= 11 is 7.24. The number of hydrogen-bond donors (Lipinski definition) is 2. The van der Waals surface area contributed by atoms with Gasteiger partial charge in [0, 0.05) is 0 Å². The second-order valence-corrected chi connectivity index (χ2v) is 3.53. The third kappa shape index (κ3) is 2.17. The zero-order valence-electron chi connectivity index (χ0n) is 5.65. The van der Waals surface area contributed by atoms with E-state index in [1.807, 2.05) is 19.2 Å². The molecular formula is C6H9ClN2S. The molecule has 0 saturated heterocycles. The van der Waals surface area contributed by atoms with E-state index in [-0.39, 0.29) is 0 Å². The Morgan fingerprint density at radius 3 is 2.90 bits per heavy atom. The lowest BCUT2D eigenvalue weighted by Crippen LogP contribution is -2.15. The molecule has 1 aromatic rings. The van der Waals surface area contributed by atoms with Crippen LogP contribution in [0, 0.1) is 0 Å². The maximum Gasteiger partial charge on any atom is 0.0950 e. The fourth-order valence-electron chi connectivity index (χ4n) is 0.585. The zero-order chi connectivity index (χ0) is 7.40. The van der Waals surface area contributed by atoms with E-state index in [4.69, 9.17) is 11.6 Å². The van der Waals surface area contributed by atoms with Gasteiger partial charge in [-0.25, -0.2) is 0 Å². The summed E-state index contributed by atoms with van der Waals surface area (Å²) in [5.74, 6) is 0. The molecule has 0 radical (unpaired) electrons. The quantitative estimate of drug-likeness (QED) is 0.689. The summed E-state index contributed by atoms with van der Waals surface area (Å²) in [5, 5.41) is 7.21. The summed E-state index contributed by atoms with van der Waals surface area (Å²) in [4.78, 5) is 0. The molecule has 4 heteroatoms. The molecule has 0 spiro atoms. The molecule has 0 amide bonds. The van der Waals surface area contributed by atoms with Crippen molar-refractivity contribution in [2.24, 2.45) is 0 Å². The summed E-state index contributed by atoms with van der Waals surface area (Å²) in [6, 6.07) is 3.84. The van der Waals surface area contributed by atoms with Gasteiger partial charge in [0.25, 0.3) is 0 Å². The Kier molecular flexibility index (Phi) is 2.99. The minimum atomic E-state index is 0.775. The molecule has 2 nitrogen and oxygen atoms in total. The van der Waals surface area contributed by atoms with Crippen LogP contribution in [0.25, 0.3) is 0 Å². The van der Waals surface area contributed by atoms with Crippen molar-refractivity contribution in [3.8, 4) is 0 Å². The molecule has 0 atom stereocenters. The molecule has 0 aromatic carbocycles. The van der Waals surface area contributed by atoms with Gasteiger partial charge in [0.15, 0.2) is 0 Å². The van der Waals surface area contributed by atoms with Gasteiger partial charge in [-0.15, -0.1) is 11.3 Å². The second-order valence-electron chi connectivity index (χ2n) is 1.81. The number of anilines is 1. The number of nitrogens with one attached hydrogen (secondary N) is 2. The van der Waals surface area contributed by atoms with Crippen molar-refractivity contribution in [2.75, 3.05) is 19.0 Å². The fourth-order valence-corrected chi connectivity index (χ4v) is 1.52. The van der Waals surface area contributed by atoms with E-state index in [0.717, 1.165) is 16.0 Å². The maximum atomic E-state index is 5.70. The van der Waals surface area contributed by atoms with E-state index >= 15 is 0 Å². The third-order valence-corrected chi connectivity index (χ3v) is 2.20. The van der Waals surface area contributed by atoms with Crippen LogP contribution in [0.5, 0.6) is 0 Å². The Bertz CT molecular complexity index is 199. The number of halogens is 1. The molecule has 0 bridgehead atoms. The lowest BCUT2D eigenvalue weighted by atomic mass is 10.6. The largest absolute Gasteiger partial charge is 0.364 e. The fraction of sp³-hybridized carbons (Fsp3) is 0.333. The van der Waals surface area contributed by atoms with E-state index in [2.05, 4.69) is 10.6 Å². The lowest BCUT2D eigenvalue weighted by Gasteiger charge is -1.98. The highest BCUT2D eigenvalue weighted by molar-refractivity contribution is 7.19. The molecule has 0 unspecified atom stereocenters. The Morgan fingerprint density at radius 2 is 2.40 bits per heavy atom. The SMILES string of the molecule is CNCNc1ccc(Cl)s1. The van der Waals surface area contributed by atoms with Crippen LogP contribution in [0.3, 0.4) is 0 Å². The van der Waals surface area contributed by atoms with Crippen LogP contribution < -0.4 is 10.6 Å². The van der Waals surface area contributed by atoms with Crippen molar-refractivity contribution in [1.29, 1.82) is 0 Å². The summed E-state index contributed by atoms with van der Waals surface area (Å²) in [6.07, 6.45) is 0. The predicted octanol–water partition coefficient (Wildman–Crippen LogP) is 1.99. The molecule has 10 heavy (non-hydrogen) atoms. The molecule has 1 rings (SSSR count). The monoisotopic (exact) mass is 176 g/mol. The van der Waals surface area contributed by atoms with Crippen molar-refractivity contribution < 1.29 is 0 Å². The van der Waals surface area contributed by atoms with Gasteiger partial charge >= 0.3 is 0 Å². The maximum absolute atomic E-state index is 5.70. The molecular weight excluding hydrogens is 168 g/mol. The normalized spacial score (nSPS) is 9.80. The minimum absolute atomic E-state index is 0.775. The van der Waals surface area contributed by atoms with E-state index in [1.165, 1.54) is 0 Å². The third-order valence-electron chi connectivity index (χ3n) is 1.01. The van der Waals surface area contributed by atoms with Crippen LogP contribution in [0.1, 0.15) is 0 Å². The van der Waals surface area contributed by atoms with E-state index in [9.17, 15) is 0 Å². The molecule has 0 fully saturated rings. The van der Waals surface area contributed by atoms with Gasteiger partial charge in [-0.2, -0.15) is 0 Å². The molecule has 1 heterocycles. The lowest BCUT2D eigenvalue weighted by molar-refractivity contribution is 0.877. The van der Waals surface area contributed by atoms with E-state index in [0.29, 0.717) is 0 Å². The molecule has 0 aliphatic rings. The van der Waals surface area contributed by atoms with Crippen LogP contribution in [0.15, 0.2) is 12.1 Å². The Morgan fingerprint density at radius 1 is 1.60 bits per heavy atom. The van der Waals surface area contributed by atoms with Crippen molar-refractivity contribution in [3.05, 3.63) is 16.5 Å². The van der Waals surface area contributed by atoms with Gasteiger partial charge in [0.05, 0.1) is 16.0 Å². The molecule has 0 saturated carbocycles. The van der Waals surface area contributed by atoms with Crippen molar-refractivity contribution in [2.45, 2.75) is 0 Å². The number of hydrogen-bond acceptors (Lipinski definition) is 3. The summed E-state index contributed by atoms with van der Waals surface area (Å²) < 4.78 is 0.818. The standard InChI is InChI=1S/C6H9ClN2S/c1-8-4-9-6-3-2-5(7)10-6/h2-3,8-9H,4H2,1H3. The van der Waals surface area contributed by atoms with Gasteiger partial charge in [-0.3, -0.25) is 0 Å². The van der Waals surface area contributed by atoms with E-state index < -0.39 is 0 Å². The molecule has 2 N–H and O–H groups in total. The van der Waals surface area contributed by atoms with Gasteiger partial charge in [-0.1, -0.05) is 11.6 Å². The molecule has 56 valence electrons. The van der Waals surface area contributed by atoms with Gasteiger partial charge < -0.3 is 10.6 Å². The summed E-state index contributed by atoms with van der Waals surface area (Å²) in [6.45, 7) is 0.775. The number of rotatable bonds is 3. The second kappa shape index (κ2) is 3.81. The van der Waals surface area contributed by atoms with Gasteiger partial charge in [0.1, 0.15) is 0 Å². The van der Waals surface area contributed by atoms with Crippen LogP contribution in [-0.2, 0) is 0 Å². The first-order valence-corrected chi connectivity index (χ1v) is 4.16. The summed E-state index contributed by atoms with van der Waals surface area (Å²) in [7, 11) is 1.89. The van der Waals surface area contributed by atoms with Crippen molar-refractivity contribution >= 4 is 27.9 Å². The topological polar surface area (TPSA) is 24.1 Å². The van der Waals surface area contributed by atoms with Gasteiger partial charge in [0.2, 0.25) is 0 Å². The number of thiophene rings is 1. The Balaban J connectivity index is 2.42. The predicted molar refractivity (Wildman–Crippen MR) is 46.9 cm³/mol. The average Bonchev–Trinajstić information content (AvgIpc) is 2.31. The van der Waals surface area contributed by atoms with Crippen LogP contribution >= 0.6 is 22.9 Å². The first-order valence-electron chi connectivity index (χ1n) is 2.97. The Labute approximate surface area is 69.2 Å².